The molecule has 4 rings (SSSR count). The van der Waals surface area contributed by atoms with Gasteiger partial charge in [0.25, 0.3) is 0 Å². The largest absolute Gasteiger partial charge is 0.347 e. The van der Waals surface area contributed by atoms with E-state index in [9.17, 15) is 0 Å². The van der Waals surface area contributed by atoms with E-state index in [1.54, 1.807) is 12.7 Å². The van der Waals surface area contributed by atoms with Gasteiger partial charge in [-0.3, -0.25) is 9.56 Å². The molecule has 2 heterocycles. The van der Waals surface area contributed by atoms with Crippen LogP contribution in [0.15, 0.2) is 48.1 Å². The Morgan fingerprint density at radius 1 is 1.10 bits per heavy atom. The van der Waals surface area contributed by atoms with Crippen molar-refractivity contribution in [2.75, 3.05) is 6.54 Å². The molecule has 0 amide bonds. The molecular weight excluding hydrogens is 405 g/mol. The number of hydrogen-bond acceptors (Lipinski definition) is 3. The second-order valence-electron chi connectivity index (χ2n) is 7.97. The molecule has 0 saturated heterocycles. The summed E-state index contributed by atoms with van der Waals surface area (Å²) < 4.78 is 4.29. The van der Waals surface area contributed by atoms with E-state index in [1.807, 2.05) is 4.57 Å². The molecule has 1 saturated carbocycles. The molecule has 5 nitrogen and oxygen atoms in total. The van der Waals surface area contributed by atoms with E-state index in [1.165, 1.54) is 43.0 Å². The Morgan fingerprint density at radius 3 is 2.62 bits per heavy atom. The van der Waals surface area contributed by atoms with Crippen molar-refractivity contribution in [2.24, 2.45) is 16.8 Å². The van der Waals surface area contributed by atoms with Gasteiger partial charge in [-0.1, -0.05) is 32.3 Å². The van der Waals surface area contributed by atoms with Gasteiger partial charge in [0.2, 0.25) is 0 Å². The summed E-state index contributed by atoms with van der Waals surface area (Å²) in [4.78, 5) is 4.72. The van der Waals surface area contributed by atoms with Crippen molar-refractivity contribution < 1.29 is 0 Å². The monoisotopic (exact) mass is 435 g/mol. The third kappa shape index (κ3) is 6.06. The van der Waals surface area contributed by atoms with E-state index in [0.29, 0.717) is 5.92 Å². The summed E-state index contributed by atoms with van der Waals surface area (Å²) in [6, 6.07) is 8.67. The minimum Gasteiger partial charge on any atom is -0.347 e. The second-order valence-corrected chi connectivity index (χ2v) is 7.97. The normalized spacial score (nSPS) is 15.9. The van der Waals surface area contributed by atoms with Crippen LogP contribution in [0.5, 0.6) is 0 Å². The van der Waals surface area contributed by atoms with Gasteiger partial charge in [0, 0.05) is 19.3 Å². The van der Waals surface area contributed by atoms with Crippen molar-refractivity contribution in [3.05, 3.63) is 43.1 Å². The first-order valence-electron chi connectivity index (χ1n) is 10.2. The lowest BCUT2D eigenvalue weighted by Gasteiger charge is -2.19. The summed E-state index contributed by atoms with van der Waals surface area (Å²) in [5.74, 6) is 1.39. The number of hydrogen-bond donors (Lipinski definition) is 0. The Kier molecular flexibility index (Phi) is 9.18. The molecule has 3 aromatic rings. The van der Waals surface area contributed by atoms with Crippen molar-refractivity contribution in [1.29, 1.82) is 0 Å². The van der Waals surface area contributed by atoms with E-state index >= 15 is 0 Å². The summed E-state index contributed by atoms with van der Waals surface area (Å²) in [6.45, 7) is 4.34. The first kappa shape index (κ1) is 23.4. The van der Waals surface area contributed by atoms with Gasteiger partial charge in [0.1, 0.15) is 12.7 Å². The Bertz CT molecular complexity index is 882. The number of nitrogens with zero attached hydrogens (tertiary/aromatic N) is 5. The molecule has 1 aliphatic rings. The van der Waals surface area contributed by atoms with Gasteiger partial charge in [-0.2, -0.15) is 0 Å². The van der Waals surface area contributed by atoms with E-state index in [2.05, 4.69) is 58.4 Å². The number of rotatable bonds is 7. The quantitative estimate of drug-likeness (QED) is 0.443. The highest BCUT2D eigenvalue weighted by atomic mass is 35.5. The average Bonchev–Trinajstić information content (AvgIpc) is 3.36. The van der Waals surface area contributed by atoms with Gasteiger partial charge < -0.3 is 4.57 Å². The maximum Gasteiger partial charge on any atom is 0.123 e. The van der Waals surface area contributed by atoms with Gasteiger partial charge in [-0.25, -0.2) is 0 Å². The summed E-state index contributed by atoms with van der Waals surface area (Å²) in [5.41, 5.74) is 2.35. The fourth-order valence-electron chi connectivity index (χ4n) is 4.08. The molecule has 29 heavy (non-hydrogen) atoms. The first-order chi connectivity index (χ1) is 13.3. The highest BCUT2D eigenvalue weighted by Gasteiger charge is 2.12. The summed E-state index contributed by atoms with van der Waals surface area (Å²) in [5, 5.41) is 9.08. The van der Waals surface area contributed by atoms with Crippen LogP contribution >= 0.6 is 24.8 Å². The lowest BCUT2D eigenvalue weighted by atomic mass is 9.89. The van der Waals surface area contributed by atoms with Crippen molar-refractivity contribution in [3.63, 3.8) is 0 Å². The van der Waals surface area contributed by atoms with Crippen molar-refractivity contribution in [2.45, 2.75) is 52.0 Å². The summed E-state index contributed by atoms with van der Waals surface area (Å²) >= 11 is 0. The predicted molar refractivity (Wildman–Crippen MR) is 125 cm³/mol. The molecule has 1 fully saturated rings. The smallest absolute Gasteiger partial charge is 0.123 e. The molecule has 2 aromatic heterocycles. The van der Waals surface area contributed by atoms with Gasteiger partial charge in [0.05, 0.1) is 11.2 Å². The predicted octanol–water partition coefficient (Wildman–Crippen LogP) is 5.74. The molecule has 158 valence electrons. The number of halogens is 2. The van der Waals surface area contributed by atoms with Crippen LogP contribution in [0.3, 0.4) is 0 Å². The molecule has 0 radical (unpaired) electrons. The minimum absolute atomic E-state index is 0. The van der Waals surface area contributed by atoms with Crippen LogP contribution in [0.25, 0.3) is 16.6 Å². The zero-order valence-corrected chi connectivity index (χ0v) is 18.6. The Hall–Kier alpha value is -1.85. The molecule has 0 aliphatic heterocycles. The topological polar surface area (TPSA) is 48.0 Å². The number of benzene rings is 1. The Labute approximate surface area is 185 Å². The lowest BCUT2D eigenvalue weighted by Crippen LogP contribution is -2.10. The SMILES string of the molecule is CC(CC=NCC1CCCCC1)Cn1ccc2ccc(-n3cnnc3)cc21.Cl.Cl. The molecule has 1 unspecified atom stereocenters. The Morgan fingerprint density at radius 2 is 1.86 bits per heavy atom. The Balaban J connectivity index is 0.00000150. The van der Waals surface area contributed by atoms with Crippen molar-refractivity contribution in [1.82, 2.24) is 19.3 Å². The maximum atomic E-state index is 4.72. The highest BCUT2D eigenvalue weighted by molar-refractivity contribution is 5.85. The molecule has 7 heteroatoms. The zero-order valence-electron chi connectivity index (χ0n) is 17.0. The highest BCUT2D eigenvalue weighted by Crippen LogP contribution is 2.24. The number of aromatic nitrogens is 4. The van der Waals surface area contributed by atoms with E-state index < -0.39 is 0 Å². The number of fused-ring (bicyclic) bond motifs is 1. The molecule has 1 atom stereocenters. The van der Waals surface area contributed by atoms with E-state index in [-0.39, 0.29) is 24.8 Å². The van der Waals surface area contributed by atoms with E-state index in [4.69, 9.17) is 4.99 Å². The summed E-state index contributed by atoms with van der Waals surface area (Å²) in [7, 11) is 0. The third-order valence-corrected chi connectivity index (χ3v) is 5.71. The first-order valence-corrected chi connectivity index (χ1v) is 10.2. The number of aliphatic imine (C=N–C) groups is 1. The standard InChI is InChI=1S/C22H29N5.2ClH/c1-18(9-11-23-14-19-5-3-2-4-6-19)15-26-12-10-20-7-8-21(13-22(20)26)27-16-24-25-17-27;;/h7-8,10-13,16-19H,2-6,9,14-15H2,1H3;2*1H. The molecule has 0 spiro atoms. The fourth-order valence-corrected chi connectivity index (χ4v) is 4.08. The van der Waals surface area contributed by atoms with Crippen LogP contribution in [-0.4, -0.2) is 32.1 Å². The fraction of sp³-hybridized carbons (Fsp3) is 0.500. The van der Waals surface area contributed by atoms with Gasteiger partial charge in [-0.05, 0) is 60.9 Å². The van der Waals surface area contributed by atoms with E-state index in [0.717, 1.165) is 31.1 Å². The maximum absolute atomic E-state index is 4.72. The third-order valence-electron chi connectivity index (χ3n) is 5.71. The van der Waals surface area contributed by atoms with Crippen LogP contribution < -0.4 is 0 Å². The van der Waals surface area contributed by atoms with Gasteiger partial charge in [-0.15, -0.1) is 35.0 Å². The average molecular weight is 436 g/mol. The van der Waals surface area contributed by atoms with Crippen molar-refractivity contribution >= 4 is 41.9 Å². The van der Waals surface area contributed by atoms with Crippen LogP contribution in [0.2, 0.25) is 0 Å². The van der Waals surface area contributed by atoms with Gasteiger partial charge >= 0.3 is 0 Å². The molecular formula is C22H31Cl2N5. The zero-order chi connectivity index (χ0) is 18.5. The molecule has 1 aromatic carbocycles. The lowest BCUT2D eigenvalue weighted by molar-refractivity contribution is 0.367. The van der Waals surface area contributed by atoms with Crippen LogP contribution in [0.1, 0.15) is 45.4 Å². The molecule has 1 aliphatic carbocycles. The molecule has 0 bridgehead atoms. The van der Waals surface area contributed by atoms with Crippen LogP contribution in [-0.2, 0) is 6.54 Å². The summed E-state index contributed by atoms with van der Waals surface area (Å²) in [6.07, 6.45) is 15.8. The molecule has 0 N–H and O–H groups in total. The van der Waals surface area contributed by atoms with Crippen molar-refractivity contribution in [3.8, 4) is 5.69 Å². The second kappa shape index (κ2) is 11.4. The minimum atomic E-state index is 0. The van der Waals surface area contributed by atoms with Gasteiger partial charge in [0.15, 0.2) is 0 Å². The van der Waals surface area contributed by atoms with Crippen LogP contribution in [0, 0.1) is 11.8 Å². The van der Waals surface area contributed by atoms with Crippen LogP contribution in [0.4, 0.5) is 0 Å².